The largest absolute Gasteiger partial charge is 0.509 e. The Morgan fingerprint density at radius 1 is 1.12 bits per heavy atom. The Balaban J connectivity index is 2.49. The van der Waals surface area contributed by atoms with Gasteiger partial charge in [-0.1, -0.05) is 36.4 Å². The molecule has 1 aromatic carbocycles. The van der Waals surface area contributed by atoms with E-state index in [4.69, 9.17) is 0 Å². The van der Waals surface area contributed by atoms with Crippen molar-refractivity contribution in [3.8, 4) is 0 Å². The maximum Gasteiger partial charge on any atom is 0.143 e. The van der Waals surface area contributed by atoms with Gasteiger partial charge in [-0.25, -0.2) is 0 Å². The molecule has 0 aliphatic heterocycles. The monoisotopic (exact) mass is 218 g/mol. The van der Waals surface area contributed by atoms with Crippen LogP contribution in [0, 0.1) is 0 Å². The second kappa shape index (κ2) is 3.77. The molecule has 0 saturated heterocycles. The molecule has 3 heteroatoms. The fourth-order valence-corrected chi connectivity index (χ4v) is 1.87. The molecule has 2 unspecified atom stereocenters. The fraction of sp³-hybridized carbons (Fsp3) is 0.231. The van der Waals surface area contributed by atoms with Crippen LogP contribution in [0.1, 0.15) is 12.5 Å². The van der Waals surface area contributed by atoms with Gasteiger partial charge in [0, 0.05) is 0 Å². The Morgan fingerprint density at radius 2 is 1.75 bits per heavy atom. The van der Waals surface area contributed by atoms with Gasteiger partial charge in [0.15, 0.2) is 0 Å². The van der Waals surface area contributed by atoms with Crippen molar-refractivity contribution in [2.75, 3.05) is 0 Å². The van der Waals surface area contributed by atoms with Gasteiger partial charge in [0.05, 0.1) is 0 Å². The molecule has 0 fully saturated rings. The van der Waals surface area contributed by atoms with Crippen molar-refractivity contribution in [1.29, 1.82) is 0 Å². The summed E-state index contributed by atoms with van der Waals surface area (Å²) in [6.45, 7) is 1.49. The third-order valence-electron chi connectivity index (χ3n) is 2.86. The zero-order chi connectivity index (χ0) is 11.8. The Kier molecular flexibility index (Phi) is 2.58. The first-order valence-corrected chi connectivity index (χ1v) is 5.10. The van der Waals surface area contributed by atoms with Crippen molar-refractivity contribution in [1.82, 2.24) is 0 Å². The SMILES string of the molecule is CC1(O)C(c2ccccc2)=CC=C(O)C1O. The lowest BCUT2D eigenvalue weighted by Gasteiger charge is -2.33. The summed E-state index contributed by atoms with van der Waals surface area (Å²) in [6, 6.07) is 9.30. The molecule has 2 atom stereocenters. The number of hydrogen-bond donors (Lipinski definition) is 3. The highest BCUT2D eigenvalue weighted by atomic mass is 16.4. The van der Waals surface area contributed by atoms with Crippen molar-refractivity contribution in [3.63, 3.8) is 0 Å². The van der Waals surface area contributed by atoms with Crippen molar-refractivity contribution in [2.24, 2.45) is 0 Å². The van der Waals surface area contributed by atoms with Crippen LogP contribution in [0.25, 0.3) is 5.57 Å². The lowest BCUT2D eigenvalue weighted by Crippen LogP contribution is -2.43. The molecule has 0 aromatic heterocycles. The molecule has 0 bridgehead atoms. The summed E-state index contributed by atoms with van der Waals surface area (Å²) >= 11 is 0. The van der Waals surface area contributed by atoms with E-state index in [2.05, 4.69) is 0 Å². The van der Waals surface area contributed by atoms with Crippen LogP contribution in [0.2, 0.25) is 0 Å². The number of hydrogen-bond acceptors (Lipinski definition) is 3. The lowest BCUT2D eigenvalue weighted by molar-refractivity contribution is -0.0193. The van der Waals surface area contributed by atoms with E-state index in [0.717, 1.165) is 5.56 Å². The van der Waals surface area contributed by atoms with Gasteiger partial charge in [-0.15, -0.1) is 0 Å². The van der Waals surface area contributed by atoms with Crippen molar-refractivity contribution >= 4 is 5.57 Å². The Hall–Kier alpha value is -1.58. The Morgan fingerprint density at radius 3 is 2.38 bits per heavy atom. The van der Waals surface area contributed by atoms with E-state index in [-0.39, 0.29) is 5.76 Å². The highest BCUT2D eigenvalue weighted by Crippen LogP contribution is 2.35. The predicted molar refractivity (Wildman–Crippen MR) is 61.8 cm³/mol. The van der Waals surface area contributed by atoms with Gasteiger partial charge >= 0.3 is 0 Å². The highest BCUT2D eigenvalue weighted by molar-refractivity contribution is 5.75. The maximum atomic E-state index is 10.2. The quantitative estimate of drug-likeness (QED) is 0.671. The molecule has 2 rings (SSSR count). The topological polar surface area (TPSA) is 60.7 Å². The molecule has 0 radical (unpaired) electrons. The predicted octanol–water partition coefficient (Wildman–Crippen LogP) is 1.64. The molecule has 3 N–H and O–H groups in total. The highest BCUT2D eigenvalue weighted by Gasteiger charge is 2.39. The summed E-state index contributed by atoms with van der Waals surface area (Å²) in [7, 11) is 0. The zero-order valence-corrected chi connectivity index (χ0v) is 8.96. The number of aliphatic hydroxyl groups excluding tert-OH is 2. The van der Waals surface area contributed by atoms with Gasteiger partial charge in [0.2, 0.25) is 0 Å². The third kappa shape index (κ3) is 1.64. The summed E-state index contributed by atoms with van der Waals surface area (Å²) in [5.74, 6) is -0.218. The number of rotatable bonds is 1. The van der Waals surface area contributed by atoms with Crippen molar-refractivity contribution < 1.29 is 15.3 Å². The second-order valence-electron chi connectivity index (χ2n) is 4.09. The minimum Gasteiger partial charge on any atom is -0.509 e. The van der Waals surface area contributed by atoms with Crippen molar-refractivity contribution in [2.45, 2.75) is 18.6 Å². The minimum atomic E-state index is -1.47. The second-order valence-corrected chi connectivity index (χ2v) is 4.09. The molecule has 0 heterocycles. The standard InChI is InChI=1S/C13H14O3/c1-13(16)10(7-8-11(14)12(13)15)9-5-3-2-4-6-9/h2-8,12,14-16H,1H3. The summed E-state index contributed by atoms with van der Waals surface area (Å²) in [4.78, 5) is 0. The summed E-state index contributed by atoms with van der Waals surface area (Å²) in [6.07, 6.45) is 1.75. The first-order chi connectivity index (χ1) is 7.53. The fourth-order valence-electron chi connectivity index (χ4n) is 1.87. The number of allylic oxidation sites excluding steroid dienone is 2. The van der Waals surface area contributed by atoms with Crippen LogP contribution in [0.15, 0.2) is 48.2 Å². The van der Waals surface area contributed by atoms with E-state index >= 15 is 0 Å². The molecule has 0 saturated carbocycles. The van der Waals surface area contributed by atoms with Crippen LogP contribution in [0.5, 0.6) is 0 Å². The summed E-state index contributed by atoms with van der Waals surface area (Å²) in [5, 5.41) is 29.3. The van der Waals surface area contributed by atoms with Crippen LogP contribution in [-0.2, 0) is 0 Å². The Bertz CT molecular complexity index is 444. The molecule has 0 spiro atoms. The van der Waals surface area contributed by atoms with E-state index in [9.17, 15) is 15.3 Å². The number of benzene rings is 1. The molecular formula is C13H14O3. The smallest absolute Gasteiger partial charge is 0.143 e. The van der Waals surface area contributed by atoms with Crippen LogP contribution < -0.4 is 0 Å². The Labute approximate surface area is 94.0 Å². The molecule has 1 aliphatic rings. The van der Waals surface area contributed by atoms with Crippen LogP contribution in [0.4, 0.5) is 0 Å². The van der Waals surface area contributed by atoms with Gasteiger partial charge < -0.3 is 15.3 Å². The average molecular weight is 218 g/mol. The molecule has 3 nitrogen and oxygen atoms in total. The molecule has 1 aliphatic carbocycles. The van der Waals surface area contributed by atoms with Crippen LogP contribution in [0.3, 0.4) is 0 Å². The van der Waals surface area contributed by atoms with Gasteiger partial charge in [-0.2, -0.15) is 0 Å². The lowest BCUT2D eigenvalue weighted by atomic mass is 9.81. The van der Waals surface area contributed by atoms with E-state index < -0.39 is 11.7 Å². The van der Waals surface area contributed by atoms with Gasteiger partial charge in [-0.3, -0.25) is 0 Å². The number of aliphatic hydroxyl groups is 3. The van der Waals surface area contributed by atoms with E-state index in [1.54, 1.807) is 6.08 Å². The minimum absolute atomic E-state index is 0.218. The van der Waals surface area contributed by atoms with Gasteiger partial charge in [0.1, 0.15) is 17.5 Å². The van der Waals surface area contributed by atoms with Crippen LogP contribution >= 0.6 is 0 Å². The van der Waals surface area contributed by atoms with Crippen LogP contribution in [-0.4, -0.2) is 27.0 Å². The van der Waals surface area contributed by atoms with E-state index in [1.165, 1.54) is 13.0 Å². The first-order valence-electron chi connectivity index (χ1n) is 5.10. The molecular weight excluding hydrogens is 204 g/mol. The normalized spacial score (nSPS) is 29.6. The van der Waals surface area contributed by atoms with E-state index in [1.807, 2.05) is 30.3 Å². The maximum absolute atomic E-state index is 10.2. The zero-order valence-electron chi connectivity index (χ0n) is 8.96. The van der Waals surface area contributed by atoms with E-state index in [0.29, 0.717) is 5.57 Å². The molecule has 1 aromatic rings. The third-order valence-corrected chi connectivity index (χ3v) is 2.86. The summed E-state index contributed by atoms with van der Waals surface area (Å²) < 4.78 is 0. The van der Waals surface area contributed by atoms with Gasteiger partial charge in [-0.05, 0) is 24.1 Å². The first kappa shape index (κ1) is 10.9. The molecule has 0 amide bonds. The molecule has 16 heavy (non-hydrogen) atoms. The molecule has 84 valence electrons. The van der Waals surface area contributed by atoms with Crippen molar-refractivity contribution in [3.05, 3.63) is 53.8 Å². The summed E-state index contributed by atoms with van der Waals surface area (Å²) in [5.41, 5.74) is -0.0473. The van der Waals surface area contributed by atoms with Gasteiger partial charge in [0.25, 0.3) is 0 Å². The average Bonchev–Trinajstić information content (AvgIpc) is 2.27.